The van der Waals surface area contributed by atoms with Gasteiger partial charge >= 0.3 is 0 Å². The van der Waals surface area contributed by atoms with Crippen molar-refractivity contribution in [2.45, 2.75) is 32.4 Å². The fourth-order valence-electron chi connectivity index (χ4n) is 2.54. The molecule has 18 heavy (non-hydrogen) atoms. The topological polar surface area (TPSA) is 24.5 Å². The molecule has 1 heterocycles. The Bertz CT molecular complexity index is 363. The van der Waals surface area contributed by atoms with Gasteiger partial charge < -0.3 is 15.0 Å². The molecule has 0 aromatic heterocycles. The molecule has 0 radical (unpaired) electrons. The molecule has 1 aliphatic rings. The van der Waals surface area contributed by atoms with Crippen LogP contribution in [0.2, 0.25) is 0 Å². The Hall–Kier alpha value is -1.06. The Kier molecular flexibility index (Phi) is 4.61. The zero-order valence-corrected chi connectivity index (χ0v) is 11.6. The van der Waals surface area contributed by atoms with Gasteiger partial charge in [0, 0.05) is 38.5 Å². The highest BCUT2D eigenvalue weighted by Gasteiger charge is 2.25. The average molecular weight is 248 g/mol. The minimum atomic E-state index is 0.381. The van der Waals surface area contributed by atoms with Crippen LogP contribution in [0.3, 0.4) is 0 Å². The molecule has 1 N–H and O–H groups in total. The second-order valence-corrected chi connectivity index (χ2v) is 5.07. The lowest BCUT2D eigenvalue weighted by atomic mass is 10.1. The first-order valence-electron chi connectivity index (χ1n) is 6.80. The maximum atomic E-state index is 5.40. The van der Waals surface area contributed by atoms with E-state index in [9.17, 15) is 0 Å². The van der Waals surface area contributed by atoms with Crippen molar-refractivity contribution in [1.82, 2.24) is 5.32 Å². The normalized spacial score (nSPS) is 23.3. The van der Waals surface area contributed by atoms with Gasteiger partial charge in [-0.1, -0.05) is 17.7 Å². The predicted molar refractivity (Wildman–Crippen MR) is 76.3 cm³/mol. The lowest BCUT2D eigenvalue weighted by Gasteiger charge is -2.26. The molecule has 100 valence electrons. The van der Waals surface area contributed by atoms with Crippen LogP contribution in [0.1, 0.15) is 18.9 Å². The molecule has 1 fully saturated rings. The Morgan fingerprint density at radius 1 is 1.33 bits per heavy atom. The summed E-state index contributed by atoms with van der Waals surface area (Å²) < 4.78 is 5.40. The monoisotopic (exact) mass is 248 g/mol. The van der Waals surface area contributed by atoms with Gasteiger partial charge in [0.15, 0.2) is 0 Å². The van der Waals surface area contributed by atoms with E-state index in [1.807, 2.05) is 0 Å². The number of methoxy groups -OCH3 is 1. The smallest absolute Gasteiger partial charge is 0.0711 e. The molecule has 0 spiro atoms. The summed E-state index contributed by atoms with van der Waals surface area (Å²) in [5.74, 6) is 0. The van der Waals surface area contributed by atoms with Crippen LogP contribution >= 0.6 is 0 Å². The first-order chi connectivity index (χ1) is 8.72. The van der Waals surface area contributed by atoms with Gasteiger partial charge in [0.1, 0.15) is 0 Å². The minimum absolute atomic E-state index is 0.381. The van der Waals surface area contributed by atoms with Gasteiger partial charge in [-0.15, -0.1) is 0 Å². The Balaban J connectivity index is 1.95. The number of hydrogen-bond acceptors (Lipinski definition) is 3. The van der Waals surface area contributed by atoms with Gasteiger partial charge in [0.25, 0.3) is 0 Å². The minimum Gasteiger partial charge on any atom is -0.380 e. The van der Waals surface area contributed by atoms with Crippen molar-refractivity contribution < 1.29 is 4.74 Å². The second-order valence-electron chi connectivity index (χ2n) is 5.07. The van der Waals surface area contributed by atoms with Crippen molar-refractivity contribution in [2.75, 3.05) is 31.6 Å². The van der Waals surface area contributed by atoms with Crippen LogP contribution in [0.15, 0.2) is 24.3 Å². The van der Waals surface area contributed by atoms with Gasteiger partial charge in [-0.25, -0.2) is 0 Å². The molecule has 2 rings (SSSR count). The Morgan fingerprint density at radius 2 is 2.06 bits per heavy atom. The van der Waals surface area contributed by atoms with Crippen LogP contribution in [0, 0.1) is 6.92 Å². The van der Waals surface area contributed by atoms with Crippen LogP contribution in [0.25, 0.3) is 0 Å². The third-order valence-corrected chi connectivity index (χ3v) is 3.74. The molecule has 1 aliphatic heterocycles. The van der Waals surface area contributed by atoms with Gasteiger partial charge in [-0.3, -0.25) is 0 Å². The molecule has 1 saturated heterocycles. The number of aryl methyl sites for hydroxylation is 1. The van der Waals surface area contributed by atoms with Gasteiger partial charge in [0.05, 0.1) is 6.10 Å². The first kappa shape index (κ1) is 13.4. The highest BCUT2D eigenvalue weighted by atomic mass is 16.5. The van der Waals surface area contributed by atoms with Crippen LogP contribution < -0.4 is 10.2 Å². The van der Waals surface area contributed by atoms with E-state index in [2.05, 4.69) is 48.3 Å². The number of benzene rings is 1. The molecule has 3 heteroatoms. The van der Waals surface area contributed by atoms with E-state index in [4.69, 9.17) is 4.74 Å². The summed E-state index contributed by atoms with van der Waals surface area (Å²) in [5.41, 5.74) is 2.62. The predicted octanol–water partition coefficient (Wildman–Crippen LogP) is 2.20. The zero-order valence-electron chi connectivity index (χ0n) is 11.6. The lowest BCUT2D eigenvalue weighted by Crippen LogP contribution is -2.37. The molecule has 2 unspecified atom stereocenters. The van der Waals surface area contributed by atoms with E-state index in [0.29, 0.717) is 12.1 Å². The molecular formula is C15H24N2O. The van der Waals surface area contributed by atoms with Crippen molar-refractivity contribution in [3.8, 4) is 0 Å². The maximum absolute atomic E-state index is 5.40. The molecule has 0 saturated carbocycles. The second kappa shape index (κ2) is 6.21. The first-order valence-corrected chi connectivity index (χ1v) is 6.80. The quantitative estimate of drug-likeness (QED) is 0.864. The van der Waals surface area contributed by atoms with E-state index in [0.717, 1.165) is 26.1 Å². The SMILES string of the molecule is CCN(CC1CC(OC)CN1)c1ccc(C)cc1. The van der Waals surface area contributed by atoms with E-state index < -0.39 is 0 Å². The van der Waals surface area contributed by atoms with Gasteiger partial charge in [-0.2, -0.15) is 0 Å². The summed E-state index contributed by atoms with van der Waals surface area (Å²) in [4.78, 5) is 2.43. The number of ether oxygens (including phenoxy) is 1. The largest absolute Gasteiger partial charge is 0.380 e. The molecule has 2 atom stereocenters. The maximum Gasteiger partial charge on any atom is 0.0711 e. The Morgan fingerprint density at radius 3 is 2.61 bits per heavy atom. The summed E-state index contributed by atoms with van der Waals surface area (Å²) in [7, 11) is 1.80. The average Bonchev–Trinajstić information content (AvgIpc) is 2.85. The van der Waals surface area contributed by atoms with Crippen molar-refractivity contribution >= 4 is 5.69 Å². The molecule has 3 nitrogen and oxygen atoms in total. The number of anilines is 1. The molecule has 0 amide bonds. The number of rotatable bonds is 5. The highest BCUT2D eigenvalue weighted by Crippen LogP contribution is 2.18. The number of nitrogens with one attached hydrogen (secondary N) is 1. The molecule has 1 aromatic rings. The standard InChI is InChI=1S/C15H24N2O/c1-4-17(14-7-5-12(2)6-8-14)11-13-9-15(18-3)10-16-13/h5-8,13,15-16H,4,9-11H2,1-3H3. The Labute approximate surface area is 110 Å². The van der Waals surface area contributed by atoms with Gasteiger partial charge in [-0.05, 0) is 32.4 Å². The summed E-state index contributed by atoms with van der Waals surface area (Å²) in [6.07, 6.45) is 1.49. The summed E-state index contributed by atoms with van der Waals surface area (Å²) in [5, 5.41) is 3.54. The molecule has 0 bridgehead atoms. The number of nitrogens with zero attached hydrogens (tertiary/aromatic N) is 1. The summed E-state index contributed by atoms with van der Waals surface area (Å²) in [6.45, 7) is 7.41. The number of likely N-dealkylation sites (N-methyl/N-ethyl adjacent to an activating group) is 1. The van der Waals surface area contributed by atoms with Crippen molar-refractivity contribution in [3.05, 3.63) is 29.8 Å². The molecular weight excluding hydrogens is 224 g/mol. The van der Waals surface area contributed by atoms with E-state index >= 15 is 0 Å². The third-order valence-electron chi connectivity index (χ3n) is 3.74. The van der Waals surface area contributed by atoms with Crippen LogP contribution in [-0.4, -0.2) is 38.9 Å². The number of hydrogen-bond donors (Lipinski definition) is 1. The molecule has 0 aliphatic carbocycles. The lowest BCUT2D eigenvalue weighted by molar-refractivity contribution is 0.117. The van der Waals surface area contributed by atoms with E-state index in [-0.39, 0.29) is 0 Å². The van der Waals surface area contributed by atoms with Crippen LogP contribution in [-0.2, 0) is 4.74 Å². The van der Waals surface area contributed by atoms with Gasteiger partial charge in [0.2, 0.25) is 0 Å². The van der Waals surface area contributed by atoms with Crippen molar-refractivity contribution in [3.63, 3.8) is 0 Å². The fourth-order valence-corrected chi connectivity index (χ4v) is 2.54. The summed E-state index contributed by atoms with van der Waals surface area (Å²) >= 11 is 0. The van der Waals surface area contributed by atoms with Crippen LogP contribution in [0.4, 0.5) is 5.69 Å². The zero-order chi connectivity index (χ0) is 13.0. The molecule has 1 aromatic carbocycles. The van der Waals surface area contributed by atoms with Crippen molar-refractivity contribution in [1.29, 1.82) is 0 Å². The van der Waals surface area contributed by atoms with E-state index in [1.54, 1.807) is 7.11 Å². The highest BCUT2D eigenvalue weighted by molar-refractivity contribution is 5.47. The summed E-state index contributed by atoms with van der Waals surface area (Å²) in [6, 6.07) is 9.32. The van der Waals surface area contributed by atoms with Crippen molar-refractivity contribution in [2.24, 2.45) is 0 Å². The van der Waals surface area contributed by atoms with E-state index in [1.165, 1.54) is 11.3 Å². The fraction of sp³-hybridized carbons (Fsp3) is 0.600. The van der Waals surface area contributed by atoms with Crippen LogP contribution in [0.5, 0.6) is 0 Å². The third kappa shape index (κ3) is 3.24.